The number of benzene rings is 2. The first-order valence-corrected chi connectivity index (χ1v) is 10.4. The van der Waals surface area contributed by atoms with Crippen LogP contribution >= 0.6 is 11.3 Å². The molecule has 0 N–H and O–H groups in total. The Morgan fingerprint density at radius 3 is 2.38 bits per heavy atom. The van der Waals surface area contributed by atoms with E-state index >= 15 is 0 Å². The van der Waals surface area contributed by atoms with Crippen molar-refractivity contribution in [1.82, 2.24) is 9.88 Å². The van der Waals surface area contributed by atoms with Gasteiger partial charge in [-0.1, -0.05) is 0 Å². The van der Waals surface area contributed by atoms with E-state index in [1.54, 1.807) is 35.6 Å². The number of halogens is 1. The van der Waals surface area contributed by atoms with Crippen molar-refractivity contribution >= 4 is 22.9 Å². The van der Waals surface area contributed by atoms with Crippen LogP contribution in [-0.4, -0.2) is 42.0 Å². The van der Waals surface area contributed by atoms with Crippen LogP contribution in [0.15, 0.2) is 53.9 Å². The molecular formula is C22H22FN3O2S. The lowest BCUT2D eigenvalue weighted by Crippen LogP contribution is -2.48. The molecule has 29 heavy (non-hydrogen) atoms. The van der Waals surface area contributed by atoms with Crippen LogP contribution in [0.2, 0.25) is 0 Å². The van der Waals surface area contributed by atoms with Crippen molar-refractivity contribution in [1.29, 1.82) is 0 Å². The monoisotopic (exact) mass is 411 g/mol. The van der Waals surface area contributed by atoms with Crippen LogP contribution in [0.25, 0.3) is 0 Å². The number of carbonyl (C=O) groups is 1. The van der Waals surface area contributed by atoms with Crippen molar-refractivity contribution in [2.45, 2.75) is 13.5 Å². The zero-order valence-electron chi connectivity index (χ0n) is 16.2. The Bertz CT molecular complexity index is 964. The van der Waals surface area contributed by atoms with E-state index in [1.807, 2.05) is 29.3 Å². The largest absolute Gasteiger partial charge is 0.486 e. The summed E-state index contributed by atoms with van der Waals surface area (Å²) in [6.45, 7) is 5.12. The highest BCUT2D eigenvalue weighted by Gasteiger charge is 2.22. The molecule has 150 valence electrons. The number of carbonyl (C=O) groups excluding carboxylic acids is 1. The molecule has 0 radical (unpaired) electrons. The highest BCUT2D eigenvalue weighted by Crippen LogP contribution is 2.20. The number of hydrogen-bond acceptors (Lipinski definition) is 5. The Labute approximate surface area is 173 Å². The maximum Gasteiger partial charge on any atom is 0.253 e. The number of anilines is 1. The second-order valence-corrected chi connectivity index (χ2v) is 7.89. The van der Waals surface area contributed by atoms with Crippen molar-refractivity contribution in [3.63, 3.8) is 0 Å². The van der Waals surface area contributed by atoms with E-state index in [9.17, 15) is 9.18 Å². The van der Waals surface area contributed by atoms with Gasteiger partial charge in [0.1, 0.15) is 23.2 Å². The van der Waals surface area contributed by atoms with E-state index in [1.165, 1.54) is 12.1 Å². The Balaban J connectivity index is 1.31. The summed E-state index contributed by atoms with van der Waals surface area (Å²) >= 11 is 1.58. The number of piperazine rings is 1. The maximum absolute atomic E-state index is 13.1. The van der Waals surface area contributed by atoms with Crippen LogP contribution in [0.3, 0.4) is 0 Å². The summed E-state index contributed by atoms with van der Waals surface area (Å²) in [7, 11) is 0. The van der Waals surface area contributed by atoms with Gasteiger partial charge < -0.3 is 14.5 Å². The topological polar surface area (TPSA) is 45.7 Å². The molecule has 3 aromatic rings. The normalized spacial score (nSPS) is 14.1. The lowest BCUT2D eigenvalue weighted by molar-refractivity contribution is 0.0746. The molecule has 1 aliphatic rings. The number of ether oxygens (including phenoxy) is 1. The maximum atomic E-state index is 13.1. The number of nitrogens with zero attached hydrogens (tertiary/aromatic N) is 3. The van der Waals surface area contributed by atoms with E-state index in [-0.39, 0.29) is 11.7 Å². The van der Waals surface area contributed by atoms with Crippen molar-refractivity contribution in [3.8, 4) is 5.75 Å². The molecule has 0 unspecified atom stereocenters. The van der Waals surface area contributed by atoms with Crippen LogP contribution < -0.4 is 9.64 Å². The predicted octanol–water partition coefficient (Wildman–Crippen LogP) is 4.13. The van der Waals surface area contributed by atoms with Crippen molar-refractivity contribution in [2.75, 3.05) is 31.1 Å². The highest BCUT2D eigenvalue weighted by atomic mass is 32.1. The lowest BCUT2D eigenvalue weighted by Gasteiger charge is -2.36. The molecule has 0 bridgehead atoms. The minimum Gasteiger partial charge on any atom is -0.486 e. The van der Waals surface area contributed by atoms with Crippen LogP contribution in [0.5, 0.6) is 5.75 Å². The summed E-state index contributed by atoms with van der Waals surface area (Å²) in [6.07, 6.45) is 0. The van der Waals surface area contributed by atoms with Crippen LogP contribution in [-0.2, 0) is 6.61 Å². The average Bonchev–Trinajstić information content (AvgIpc) is 3.18. The number of aromatic nitrogens is 1. The van der Waals surface area contributed by atoms with Crippen LogP contribution in [0.4, 0.5) is 10.1 Å². The van der Waals surface area contributed by atoms with Gasteiger partial charge in [-0.25, -0.2) is 9.37 Å². The summed E-state index contributed by atoms with van der Waals surface area (Å²) < 4.78 is 18.8. The van der Waals surface area contributed by atoms with Gasteiger partial charge in [0, 0.05) is 48.5 Å². The number of aryl methyl sites for hydroxylation is 1. The molecule has 1 fully saturated rings. The van der Waals surface area contributed by atoms with Gasteiger partial charge in [0.25, 0.3) is 5.91 Å². The molecule has 0 atom stereocenters. The lowest BCUT2D eigenvalue weighted by atomic mass is 10.1. The third kappa shape index (κ3) is 4.74. The van der Waals surface area contributed by atoms with Gasteiger partial charge in [0.2, 0.25) is 0 Å². The van der Waals surface area contributed by atoms with E-state index in [0.29, 0.717) is 25.3 Å². The minimum atomic E-state index is -0.239. The van der Waals surface area contributed by atoms with Gasteiger partial charge in [-0.2, -0.15) is 0 Å². The molecule has 1 saturated heterocycles. The molecule has 1 amide bonds. The van der Waals surface area contributed by atoms with E-state index in [0.717, 1.165) is 35.2 Å². The first-order chi connectivity index (χ1) is 14.1. The molecule has 2 aromatic carbocycles. The molecular weight excluding hydrogens is 389 g/mol. The molecule has 1 aromatic heterocycles. The summed E-state index contributed by atoms with van der Waals surface area (Å²) in [5, 5.41) is 2.93. The van der Waals surface area contributed by atoms with E-state index in [2.05, 4.69) is 9.88 Å². The summed E-state index contributed by atoms with van der Waals surface area (Å²) in [4.78, 5) is 21.2. The molecule has 7 heteroatoms. The second kappa shape index (κ2) is 8.61. The molecule has 0 saturated carbocycles. The van der Waals surface area contributed by atoms with Crippen molar-refractivity contribution < 1.29 is 13.9 Å². The number of rotatable bonds is 5. The number of thiazole rings is 1. The molecule has 1 aliphatic heterocycles. The summed E-state index contributed by atoms with van der Waals surface area (Å²) in [5.74, 6) is 0.498. The third-order valence-corrected chi connectivity index (χ3v) is 5.83. The van der Waals surface area contributed by atoms with Gasteiger partial charge >= 0.3 is 0 Å². The summed E-state index contributed by atoms with van der Waals surface area (Å²) in [6, 6.07) is 13.7. The Morgan fingerprint density at radius 1 is 1.07 bits per heavy atom. The van der Waals surface area contributed by atoms with Gasteiger partial charge in [0.05, 0.1) is 0 Å². The van der Waals surface area contributed by atoms with E-state index in [4.69, 9.17) is 4.74 Å². The SMILES string of the molecule is Cc1csc(COc2ccc(C(=O)N3CCN(c4ccc(F)cc4)CC3)cc2)n1. The van der Waals surface area contributed by atoms with Crippen molar-refractivity contribution in [3.05, 3.63) is 76.0 Å². The molecule has 2 heterocycles. The fourth-order valence-electron chi connectivity index (χ4n) is 3.31. The van der Waals surface area contributed by atoms with Gasteiger partial charge in [-0.05, 0) is 55.5 Å². The Kier molecular flexibility index (Phi) is 5.76. The minimum absolute atomic E-state index is 0.0193. The quantitative estimate of drug-likeness (QED) is 0.633. The third-order valence-electron chi connectivity index (χ3n) is 4.89. The highest BCUT2D eigenvalue weighted by molar-refractivity contribution is 7.09. The smallest absolute Gasteiger partial charge is 0.253 e. The average molecular weight is 412 g/mol. The standard InChI is InChI=1S/C22H22FN3O2S/c1-16-15-29-21(24-16)14-28-20-8-2-17(3-9-20)22(27)26-12-10-25(11-13-26)19-6-4-18(23)5-7-19/h2-9,15H,10-14H2,1H3. The van der Waals surface area contributed by atoms with Crippen LogP contribution in [0.1, 0.15) is 21.1 Å². The fourth-order valence-corrected chi connectivity index (χ4v) is 3.99. The van der Waals surface area contributed by atoms with Crippen molar-refractivity contribution in [2.24, 2.45) is 0 Å². The van der Waals surface area contributed by atoms with Gasteiger partial charge in [-0.15, -0.1) is 11.3 Å². The summed E-state index contributed by atoms with van der Waals surface area (Å²) in [5.41, 5.74) is 2.63. The number of hydrogen-bond donors (Lipinski definition) is 0. The fraction of sp³-hybridized carbons (Fsp3) is 0.273. The molecule has 0 spiro atoms. The van der Waals surface area contributed by atoms with Crippen LogP contribution in [0, 0.1) is 12.7 Å². The molecule has 5 nitrogen and oxygen atoms in total. The zero-order valence-corrected chi connectivity index (χ0v) is 17.0. The van der Waals surface area contributed by atoms with E-state index < -0.39 is 0 Å². The first kappa shape index (κ1) is 19.4. The second-order valence-electron chi connectivity index (χ2n) is 6.95. The molecule has 0 aliphatic carbocycles. The molecule has 4 rings (SSSR count). The zero-order chi connectivity index (χ0) is 20.2. The van der Waals surface area contributed by atoms with Gasteiger partial charge in [0.15, 0.2) is 0 Å². The Morgan fingerprint density at radius 2 is 1.76 bits per heavy atom. The number of amides is 1. The Hall–Kier alpha value is -2.93. The predicted molar refractivity (Wildman–Crippen MR) is 112 cm³/mol. The first-order valence-electron chi connectivity index (χ1n) is 9.52. The van der Waals surface area contributed by atoms with Gasteiger partial charge in [-0.3, -0.25) is 4.79 Å².